The Labute approximate surface area is 120 Å². The number of hydrogen-bond acceptors (Lipinski definition) is 2. The fourth-order valence-electron chi connectivity index (χ4n) is 3.29. The average molecular weight is 280 g/mol. The Kier molecular flexibility index (Phi) is 3.99. The molecule has 3 heteroatoms. The maximum atomic E-state index is 6.39. The van der Waals surface area contributed by atoms with E-state index < -0.39 is 0 Å². The van der Waals surface area contributed by atoms with Gasteiger partial charge >= 0.3 is 0 Å². The summed E-state index contributed by atoms with van der Waals surface area (Å²) in [6.07, 6.45) is 7.25. The topological polar surface area (TPSA) is 21.3 Å². The standard InChI is InChI=1S/C16H22ClNO/c1-11-12(9-13-5-2-3-7-18-13)10-15(17)16-14(11)6-4-8-19-16/h10,13,18H,2-9H2,1H3. The predicted molar refractivity (Wildman–Crippen MR) is 79.4 cm³/mol. The van der Waals surface area contributed by atoms with Gasteiger partial charge in [-0.05, 0) is 68.3 Å². The SMILES string of the molecule is Cc1c(CC2CCCCN2)cc(Cl)c2c1CCCO2. The van der Waals surface area contributed by atoms with Gasteiger partial charge in [0, 0.05) is 6.04 Å². The fourth-order valence-corrected chi connectivity index (χ4v) is 3.59. The zero-order valence-corrected chi connectivity index (χ0v) is 12.4. The van der Waals surface area contributed by atoms with Gasteiger partial charge in [0.05, 0.1) is 11.6 Å². The van der Waals surface area contributed by atoms with Gasteiger partial charge in [-0.1, -0.05) is 18.0 Å². The predicted octanol–water partition coefficient (Wildman–Crippen LogP) is 3.66. The number of fused-ring (bicyclic) bond motifs is 1. The van der Waals surface area contributed by atoms with Crippen molar-refractivity contribution in [3.05, 3.63) is 27.8 Å². The lowest BCUT2D eigenvalue weighted by Crippen LogP contribution is -2.35. The first kappa shape index (κ1) is 13.3. The van der Waals surface area contributed by atoms with E-state index in [2.05, 4.69) is 18.3 Å². The van der Waals surface area contributed by atoms with E-state index in [1.807, 2.05) is 0 Å². The van der Waals surface area contributed by atoms with Gasteiger partial charge < -0.3 is 10.1 Å². The number of benzene rings is 1. The Hall–Kier alpha value is -0.730. The molecule has 2 heterocycles. The maximum Gasteiger partial charge on any atom is 0.141 e. The van der Waals surface area contributed by atoms with Gasteiger partial charge in [0.25, 0.3) is 0 Å². The highest BCUT2D eigenvalue weighted by Gasteiger charge is 2.21. The summed E-state index contributed by atoms with van der Waals surface area (Å²) >= 11 is 6.39. The molecule has 0 saturated carbocycles. The average Bonchev–Trinajstić information content (AvgIpc) is 2.46. The van der Waals surface area contributed by atoms with Gasteiger partial charge in [0.15, 0.2) is 0 Å². The first-order chi connectivity index (χ1) is 9.25. The Morgan fingerprint density at radius 2 is 2.26 bits per heavy atom. The number of halogens is 1. The zero-order chi connectivity index (χ0) is 13.2. The minimum absolute atomic E-state index is 0.617. The molecule has 0 bridgehead atoms. The highest BCUT2D eigenvalue weighted by molar-refractivity contribution is 6.32. The summed E-state index contributed by atoms with van der Waals surface area (Å²) in [5.41, 5.74) is 4.13. The van der Waals surface area contributed by atoms with E-state index in [-0.39, 0.29) is 0 Å². The van der Waals surface area contributed by atoms with Gasteiger partial charge in [-0.3, -0.25) is 0 Å². The molecule has 1 saturated heterocycles. The van der Waals surface area contributed by atoms with Crippen molar-refractivity contribution in [3.8, 4) is 5.75 Å². The number of nitrogens with one attached hydrogen (secondary N) is 1. The highest BCUT2D eigenvalue weighted by Crippen LogP contribution is 2.37. The van der Waals surface area contributed by atoms with Crippen molar-refractivity contribution in [2.75, 3.05) is 13.2 Å². The number of rotatable bonds is 2. The molecule has 1 unspecified atom stereocenters. The fraction of sp³-hybridized carbons (Fsp3) is 0.625. The van der Waals surface area contributed by atoms with E-state index in [9.17, 15) is 0 Å². The second-order valence-corrected chi connectivity index (χ2v) is 6.16. The van der Waals surface area contributed by atoms with E-state index in [1.54, 1.807) is 0 Å². The molecule has 3 rings (SSSR count). The molecule has 0 spiro atoms. The van der Waals surface area contributed by atoms with Crippen LogP contribution in [0.3, 0.4) is 0 Å². The smallest absolute Gasteiger partial charge is 0.141 e. The van der Waals surface area contributed by atoms with Crippen LogP contribution >= 0.6 is 11.6 Å². The van der Waals surface area contributed by atoms with Crippen molar-refractivity contribution < 1.29 is 4.74 Å². The second kappa shape index (κ2) is 5.72. The molecule has 1 aromatic rings. The molecule has 0 radical (unpaired) electrons. The molecule has 2 aliphatic rings. The van der Waals surface area contributed by atoms with Crippen LogP contribution in [-0.4, -0.2) is 19.2 Å². The molecule has 104 valence electrons. The van der Waals surface area contributed by atoms with Crippen LogP contribution in [0.4, 0.5) is 0 Å². The summed E-state index contributed by atoms with van der Waals surface area (Å²) in [7, 11) is 0. The summed E-state index contributed by atoms with van der Waals surface area (Å²) in [4.78, 5) is 0. The highest BCUT2D eigenvalue weighted by atomic mass is 35.5. The first-order valence-electron chi connectivity index (χ1n) is 7.42. The first-order valence-corrected chi connectivity index (χ1v) is 7.80. The molecule has 2 nitrogen and oxygen atoms in total. The summed E-state index contributed by atoms with van der Waals surface area (Å²) in [5, 5.41) is 4.42. The largest absolute Gasteiger partial charge is 0.492 e. The summed E-state index contributed by atoms with van der Waals surface area (Å²) < 4.78 is 5.73. The summed E-state index contributed by atoms with van der Waals surface area (Å²) in [6.45, 7) is 4.18. The number of piperidine rings is 1. The third-order valence-corrected chi connectivity index (χ3v) is 4.70. The van der Waals surface area contributed by atoms with Crippen LogP contribution in [0.2, 0.25) is 5.02 Å². The van der Waals surface area contributed by atoms with Crippen LogP contribution < -0.4 is 10.1 Å². The van der Waals surface area contributed by atoms with E-state index in [0.717, 1.165) is 43.2 Å². The van der Waals surface area contributed by atoms with Crippen molar-refractivity contribution in [1.29, 1.82) is 0 Å². The van der Waals surface area contributed by atoms with Crippen molar-refractivity contribution in [3.63, 3.8) is 0 Å². The van der Waals surface area contributed by atoms with Crippen LogP contribution in [0, 0.1) is 6.92 Å². The molecule has 1 aromatic carbocycles. The third kappa shape index (κ3) is 2.75. The normalized spacial score (nSPS) is 22.7. The minimum atomic E-state index is 0.617. The lowest BCUT2D eigenvalue weighted by Gasteiger charge is -2.27. The Morgan fingerprint density at radius 1 is 1.37 bits per heavy atom. The van der Waals surface area contributed by atoms with Gasteiger partial charge in [-0.2, -0.15) is 0 Å². The molecule has 0 aromatic heterocycles. The monoisotopic (exact) mass is 279 g/mol. The van der Waals surface area contributed by atoms with Gasteiger partial charge in [0.2, 0.25) is 0 Å². The van der Waals surface area contributed by atoms with Crippen LogP contribution in [-0.2, 0) is 12.8 Å². The van der Waals surface area contributed by atoms with E-state index >= 15 is 0 Å². The van der Waals surface area contributed by atoms with Crippen LogP contribution in [0.5, 0.6) is 5.75 Å². The number of hydrogen-bond donors (Lipinski definition) is 1. The molecular formula is C16H22ClNO. The molecule has 2 aliphatic heterocycles. The lowest BCUT2D eigenvalue weighted by molar-refractivity contribution is 0.287. The third-order valence-electron chi connectivity index (χ3n) is 4.42. The summed E-state index contributed by atoms with van der Waals surface area (Å²) in [6, 6.07) is 2.74. The van der Waals surface area contributed by atoms with E-state index in [1.165, 1.54) is 36.0 Å². The molecule has 0 aliphatic carbocycles. The molecule has 1 N–H and O–H groups in total. The van der Waals surface area contributed by atoms with Crippen LogP contribution in [0.15, 0.2) is 6.07 Å². The lowest BCUT2D eigenvalue weighted by atomic mass is 9.90. The van der Waals surface area contributed by atoms with E-state index in [0.29, 0.717) is 6.04 Å². The molecule has 1 fully saturated rings. The van der Waals surface area contributed by atoms with Crippen LogP contribution in [0.1, 0.15) is 42.4 Å². The van der Waals surface area contributed by atoms with Crippen LogP contribution in [0.25, 0.3) is 0 Å². The molecule has 1 atom stereocenters. The Balaban J connectivity index is 1.86. The quantitative estimate of drug-likeness (QED) is 0.892. The Morgan fingerprint density at radius 3 is 3.05 bits per heavy atom. The van der Waals surface area contributed by atoms with Gasteiger partial charge in [-0.15, -0.1) is 0 Å². The van der Waals surface area contributed by atoms with Crippen molar-refractivity contribution >= 4 is 11.6 Å². The van der Waals surface area contributed by atoms with E-state index in [4.69, 9.17) is 16.3 Å². The van der Waals surface area contributed by atoms with Crippen molar-refractivity contribution in [2.45, 2.75) is 51.5 Å². The maximum absolute atomic E-state index is 6.39. The minimum Gasteiger partial charge on any atom is -0.492 e. The van der Waals surface area contributed by atoms with Crippen molar-refractivity contribution in [2.24, 2.45) is 0 Å². The second-order valence-electron chi connectivity index (χ2n) is 5.75. The summed E-state index contributed by atoms with van der Waals surface area (Å²) in [5.74, 6) is 0.936. The van der Waals surface area contributed by atoms with Crippen molar-refractivity contribution in [1.82, 2.24) is 5.32 Å². The van der Waals surface area contributed by atoms with Gasteiger partial charge in [0.1, 0.15) is 5.75 Å². The Bertz CT molecular complexity index is 466. The number of ether oxygens (including phenoxy) is 1. The molecule has 19 heavy (non-hydrogen) atoms. The molecule has 0 amide bonds. The molecular weight excluding hydrogens is 258 g/mol. The van der Waals surface area contributed by atoms with Gasteiger partial charge in [-0.25, -0.2) is 0 Å². The zero-order valence-electron chi connectivity index (χ0n) is 11.6.